The number of aromatic hydroxyl groups is 1. The van der Waals surface area contributed by atoms with Crippen LogP contribution in [0.25, 0.3) is 0 Å². The SMILES string of the molecule is COC(=O)c1ccc(N(CCCl)CCCl)cc1O. The summed E-state index contributed by atoms with van der Waals surface area (Å²) < 4.78 is 4.56. The zero-order valence-corrected chi connectivity index (χ0v) is 11.5. The van der Waals surface area contributed by atoms with Gasteiger partial charge < -0.3 is 14.7 Å². The topological polar surface area (TPSA) is 49.8 Å². The molecule has 0 aromatic heterocycles. The van der Waals surface area contributed by atoms with E-state index in [9.17, 15) is 9.90 Å². The number of phenolic OH excluding ortho intramolecular Hbond substituents is 1. The average Bonchev–Trinajstić information content (AvgIpc) is 2.37. The highest BCUT2D eigenvalue weighted by Crippen LogP contribution is 2.25. The lowest BCUT2D eigenvalue weighted by Crippen LogP contribution is -2.27. The molecule has 1 aromatic rings. The van der Waals surface area contributed by atoms with Gasteiger partial charge in [-0.1, -0.05) is 0 Å². The number of phenols is 1. The van der Waals surface area contributed by atoms with E-state index in [0.29, 0.717) is 24.8 Å². The van der Waals surface area contributed by atoms with Crippen molar-refractivity contribution in [1.29, 1.82) is 0 Å². The van der Waals surface area contributed by atoms with E-state index in [0.717, 1.165) is 5.69 Å². The van der Waals surface area contributed by atoms with E-state index >= 15 is 0 Å². The fourth-order valence-electron chi connectivity index (χ4n) is 1.57. The molecule has 0 aliphatic carbocycles. The van der Waals surface area contributed by atoms with E-state index in [4.69, 9.17) is 23.2 Å². The second kappa shape index (κ2) is 7.34. The number of hydrogen-bond donors (Lipinski definition) is 1. The van der Waals surface area contributed by atoms with Gasteiger partial charge in [0.25, 0.3) is 0 Å². The molecule has 0 heterocycles. The van der Waals surface area contributed by atoms with Crippen LogP contribution in [-0.4, -0.2) is 43.0 Å². The summed E-state index contributed by atoms with van der Waals surface area (Å²) in [6.45, 7) is 1.23. The van der Waals surface area contributed by atoms with E-state index in [2.05, 4.69) is 4.74 Å². The van der Waals surface area contributed by atoms with Gasteiger partial charge in [0.05, 0.1) is 7.11 Å². The lowest BCUT2D eigenvalue weighted by Gasteiger charge is -2.23. The first-order valence-corrected chi connectivity index (χ1v) is 6.49. The largest absolute Gasteiger partial charge is 0.507 e. The summed E-state index contributed by atoms with van der Waals surface area (Å²) in [6.07, 6.45) is 0. The van der Waals surface area contributed by atoms with Crippen LogP contribution >= 0.6 is 23.2 Å². The van der Waals surface area contributed by atoms with Gasteiger partial charge in [-0.25, -0.2) is 4.79 Å². The summed E-state index contributed by atoms with van der Waals surface area (Å²) in [5.41, 5.74) is 0.902. The van der Waals surface area contributed by atoms with Crippen LogP contribution in [0.4, 0.5) is 5.69 Å². The summed E-state index contributed by atoms with van der Waals surface area (Å²) in [4.78, 5) is 13.3. The fourth-order valence-corrected chi connectivity index (χ4v) is 1.98. The molecule has 0 aliphatic heterocycles. The molecule has 100 valence electrons. The number of halogens is 2. The van der Waals surface area contributed by atoms with Gasteiger partial charge in [0.1, 0.15) is 11.3 Å². The number of carbonyl (C=O) groups excluding carboxylic acids is 1. The molecule has 0 radical (unpaired) electrons. The number of anilines is 1. The van der Waals surface area contributed by atoms with Gasteiger partial charge in [-0.2, -0.15) is 0 Å². The number of hydrogen-bond acceptors (Lipinski definition) is 4. The van der Waals surface area contributed by atoms with E-state index in [1.807, 2.05) is 4.90 Å². The molecule has 1 aromatic carbocycles. The summed E-state index contributed by atoms with van der Waals surface area (Å²) >= 11 is 11.4. The molecule has 0 fully saturated rings. The molecular formula is C12H15Cl2NO3. The van der Waals surface area contributed by atoms with Gasteiger partial charge >= 0.3 is 5.97 Å². The molecule has 0 bridgehead atoms. The Hall–Kier alpha value is -1.13. The second-order valence-electron chi connectivity index (χ2n) is 3.56. The van der Waals surface area contributed by atoms with Gasteiger partial charge in [-0.3, -0.25) is 0 Å². The molecule has 0 unspecified atom stereocenters. The Balaban J connectivity index is 2.97. The maximum Gasteiger partial charge on any atom is 0.341 e. The van der Waals surface area contributed by atoms with Crippen molar-refractivity contribution in [2.45, 2.75) is 0 Å². The highest BCUT2D eigenvalue weighted by Gasteiger charge is 2.14. The predicted molar refractivity (Wildman–Crippen MR) is 73.1 cm³/mol. The van der Waals surface area contributed by atoms with E-state index < -0.39 is 5.97 Å². The highest BCUT2D eigenvalue weighted by molar-refractivity contribution is 6.18. The molecule has 1 rings (SSSR count). The lowest BCUT2D eigenvalue weighted by molar-refractivity contribution is 0.0597. The van der Waals surface area contributed by atoms with Crippen LogP contribution in [-0.2, 0) is 4.74 Å². The molecular weight excluding hydrogens is 277 g/mol. The number of benzene rings is 1. The quantitative estimate of drug-likeness (QED) is 0.646. The number of rotatable bonds is 6. The summed E-state index contributed by atoms with van der Waals surface area (Å²) in [6, 6.07) is 4.75. The molecule has 0 spiro atoms. The van der Waals surface area contributed by atoms with Gasteiger partial charge in [0.15, 0.2) is 0 Å². The van der Waals surface area contributed by atoms with Gasteiger partial charge in [-0.15, -0.1) is 23.2 Å². The van der Waals surface area contributed by atoms with Crippen molar-refractivity contribution in [3.63, 3.8) is 0 Å². The molecule has 0 amide bonds. The van der Waals surface area contributed by atoms with Gasteiger partial charge in [-0.05, 0) is 12.1 Å². The van der Waals surface area contributed by atoms with Crippen molar-refractivity contribution in [2.75, 3.05) is 36.9 Å². The number of carbonyl (C=O) groups is 1. The van der Waals surface area contributed by atoms with Crippen LogP contribution in [0.2, 0.25) is 0 Å². The number of alkyl halides is 2. The minimum absolute atomic E-state index is 0.117. The minimum Gasteiger partial charge on any atom is -0.507 e. The second-order valence-corrected chi connectivity index (χ2v) is 4.31. The summed E-state index contributed by atoms with van der Waals surface area (Å²) in [5.74, 6) is 0.223. The van der Waals surface area contributed by atoms with E-state index in [1.54, 1.807) is 6.07 Å². The maximum absolute atomic E-state index is 11.3. The number of methoxy groups -OCH3 is 1. The van der Waals surface area contributed by atoms with Crippen LogP contribution in [0.5, 0.6) is 5.75 Å². The van der Waals surface area contributed by atoms with Gasteiger partial charge in [0, 0.05) is 36.6 Å². The van der Waals surface area contributed by atoms with Crippen LogP contribution < -0.4 is 4.90 Å². The van der Waals surface area contributed by atoms with Gasteiger partial charge in [0.2, 0.25) is 0 Å². The summed E-state index contributed by atoms with van der Waals surface area (Å²) in [5, 5.41) is 9.78. The third-order valence-corrected chi connectivity index (χ3v) is 2.80. The first-order chi connectivity index (χ1) is 8.63. The molecule has 6 heteroatoms. The third kappa shape index (κ3) is 3.68. The first kappa shape index (κ1) is 14.9. The first-order valence-electron chi connectivity index (χ1n) is 5.42. The van der Waals surface area contributed by atoms with Crippen molar-refractivity contribution in [2.24, 2.45) is 0 Å². The molecule has 1 N–H and O–H groups in total. The number of ether oxygens (including phenoxy) is 1. The highest BCUT2D eigenvalue weighted by atomic mass is 35.5. The number of esters is 1. The van der Waals surface area contributed by atoms with Crippen LogP contribution in [0, 0.1) is 0 Å². The molecule has 0 saturated carbocycles. The lowest BCUT2D eigenvalue weighted by atomic mass is 10.1. The Kier molecular flexibility index (Phi) is 6.09. The Bertz CT molecular complexity index is 406. The maximum atomic E-state index is 11.3. The molecule has 4 nitrogen and oxygen atoms in total. The zero-order valence-electron chi connectivity index (χ0n) is 10.0. The van der Waals surface area contributed by atoms with Crippen molar-refractivity contribution in [1.82, 2.24) is 0 Å². The average molecular weight is 292 g/mol. The smallest absolute Gasteiger partial charge is 0.341 e. The van der Waals surface area contributed by atoms with Crippen LogP contribution in [0.1, 0.15) is 10.4 Å². The minimum atomic E-state index is -0.569. The molecule has 0 aliphatic rings. The van der Waals surface area contributed by atoms with Crippen molar-refractivity contribution in [3.05, 3.63) is 23.8 Å². The van der Waals surface area contributed by atoms with Crippen LogP contribution in [0.3, 0.4) is 0 Å². The normalized spacial score (nSPS) is 10.2. The number of nitrogens with zero attached hydrogens (tertiary/aromatic N) is 1. The summed E-state index contributed by atoms with van der Waals surface area (Å²) in [7, 11) is 1.27. The zero-order chi connectivity index (χ0) is 13.5. The van der Waals surface area contributed by atoms with Crippen molar-refractivity contribution in [3.8, 4) is 5.75 Å². The Labute approximate surface area is 116 Å². The van der Waals surface area contributed by atoms with E-state index in [-0.39, 0.29) is 11.3 Å². The monoisotopic (exact) mass is 291 g/mol. The third-order valence-electron chi connectivity index (χ3n) is 2.46. The van der Waals surface area contributed by atoms with Crippen LogP contribution in [0.15, 0.2) is 18.2 Å². The van der Waals surface area contributed by atoms with Crippen molar-refractivity contribution < 1.29 is 14.6 Å². The van der Waals surface area contributed by atoms with E-state index in [1.165, 1.54) is 19.2 Å². The Morgan fingerprint density at radius 1 is 1.33 bits per heavy atom. The Morgan fingerprint density at radius 2 is 1.94 bits per heavy atom. The molecule has 0 saturated heterocycles. The molecule has 0 atom stereocenters. The predicted octanol–water partition coefficient (Wildman–Crippen LogP) is 2.46. The fraction of sp³-hybridized carbons (Fsp3) is 0.417. The molecule has 18 heavy (non-hydrogen) atoms. The standard InChI is InChI=1S/C12H15Cl2NO3/c1-18-12(17)10-3-2-9(8-11(10)16)15(6-4-13)7-5-14/h2-3,8,16H,4-7H2,1H3. The Morgan fingerprint density at radius 3 is 2.39 bits per heavy atom. The van der Waals surface area contributed by atoms with Crippen molar-refractivity contribution >= 4 is 34.9 Å².